The minimum absolute atomic E-state index is 0.00199. The molecule has 276 valence electrons. The van der Waals surface area contributed by atoms with Crippen LogP contribution in [0.5, 0.6) is 0 Å². The number of nitrogens with one attached hydrogen (secondary N) is 2. The lowest BCUT2D eigenvalue weighted by molar-refractivity contribution is -0.136. The number of nitrogens with zero attached hydrogens (tertiary/aromatic N) is 6. The number of piperidine rings is 2. The Morgan fingerprint density at radius 3 is 2.46 bits per heavy atom. The van der Waals surface area contributed by atoms with Gasteiger partial charge >= 0.3 is 6.03 Å². The van der Waals surface area contributed by atoms with Crippen LogP contribution in [0, 0.1) is 5.82 Å². The number of imide groups is 2. The molecule has 7 rings (SSSR count). The van der Waals surface area contributed by atoms with Crippen molar-refractivity contribution in [2.45, 2.75) is 80.5 Å². The number of urea groups is 1. The summed E-state index contributed by atoms with van der Waals surface area (Å²) < 4.78 is 22.6. The Bertz CT molecular complexity index is 1890. The van der Waals surface area contributed by atoms with E-state index in [9.17, 15) is 24.0 Å². The first kappa shape index (κ1) is 36.2. The number of hydrogen-bond donors (Lipinski definition) is 2. The molecule has 2 N–H and O–H groups in total. The molecule has 52 heavy (non-hydrogen) atoms. The van der Waals surface area contributed by atoms with Gasteiger partial charge in [-0.05, 0) is 38.4 Å². The van der Waals surface area contributed by atoms with E-state index in [4.69, 9.17) is 4.42 Å². The van der Waals surface area contributed by atoms with E-state index in [0.29, 0.717) is 41.5 Å². The van der Waals surface area contributed by atoms with Crippen molar-refractivity contribution >= 4 is 57.9 Å². The number of oxazole rings is 1. The van der Waals surface area contributed by atoms with E-state index in [0.717, 1.165) is 53.9 Å². The number of halogens is 1. The van der Waals surface area contributed by atoms with Crippen molar-refractivity contribution in [2.75, 3.05) is 44.6 Å². The molecule has 0 aliphatic carbocycles. The maximum atomic E-state index is 15.8. The zero-order valence-corrected chi connectivity index (χ0v) is 30.9. The molecule has 6 amide bonds. The summed E-state index contributed by atoms with van der Waals surface area (Å²) in [6, 6.07) is 2.03. The van der Waals surface area contributed by atoms with Crippen LogP contribution in [0.25, 0.3) is 0 Å². The average molecular weight is 753 g/mol. The third-order valence-corrected chi connectivity index (χ3v) is 12.1. The lowest BCUT2D eigenvalue weighted by Crippen LogP contribution is -2.54. The van der Waals surface area contributed by atoms with Crippen molar-refractivity contribution < 1.29 is 32.8 Å². The van der Waals surface area contributed by atoms with Gasteiger partial charge in [0.25, 0.3) is 11.8 Å². The van der Waals surface area contributed by atoms with Gasteiger partial charge in [-0.1, -0.05) is 38.2 Å². The minimum Gasteiger partial charge on any atom is -0.444 e. The second-order valence-electron chi connectivity index (χ2n) is 14.5. The van der Waals surface area contributed by atoms with Crippen LogP contribution < -0.4 is 10.6 Å². The Morgan fingerprint density at radius 2 is 1.77 bits per heavy atom. The summed E-state index contributed by atoms with van der Waals surface area (Å²) >= 11 is 2.99. The Morgan fingerprint density at radius 1 is 1.02 bits per heavy atom. The van der Waals surface area contributed by atoms with Crippen molar-refractivity contribution in [3.8, 4) is 0 Å². The summed E-state index contributed by atoms with van der Waals surface area (Å²) in [6.45, 7) is 10.7. The summed E-state index contributed by atoms with van der Waals surface area (Å²) in [6.07, 6.45) is 5.29. The topological polar surface area (TPSA) is 161 Å². The van der Waals surface area contributed by atoms with Crippen molar-refractivity contribution in [1.82, 2.24) is 34.9 Å². The Hall–Kier alpha value is -4.19. The summed E-state index contributed by atoms with van der Waals surface area (Å²) in [4.78, 5) is 79.1. The van der Waals surface area contributed by atoms with Gasteiger partial charge in [0, 0.05) is 56.2 Å². The van der Waals surface area contributed by atoms with Gasteiger partial charge in [-0.25, -0.2) is 19.2 Å². The third kappa shape index (κ3) is 7.49. The standard InChI is InChI=1S/C35H41FN8O6S2/c1-35(2,3)24-16-37-26(50-24)19-51-27-17-38-33(52-27)40-34(49)43-14-12-42(13-15-43)21-8-10-41(11-9-21)18-20-4-5-22-28(29(20)36)32(48)44(31(22)47)23-6-7-25(45)39-30(23)46/h4-5,16-17,21,23H,6-15,18-19H2,1-3H3,(H,38,40,49)(H,39,45,46). The highest BCUT2D eigenvalue weighted by atomic mass is 32.2. The van der Waals surface area contributed by atoms with Gasteiger partial charge in [0.05, 0.1) is 33.5 Å². The quantitative estimate of drug-likeness (QED) is 0.252. The van der Waals surface area contributed by atoms with Crippen LogP contribution in [0.3, 0.4) is 0 Å². The lowest BCUT2D eigenvalue weighted by atomic mass is 9.94. The number of benzene rings is 1. The fourth-order valence-corrected chi connectivity index (χ4v) is 8.78. The molecule has 0 radical (unpaired) electrons. The van der Waals surface area contributed by atoms with Crippen LogP contribution in [0.2, 0.25) is 0 Å². The zero-order chi connectivity index (χ0) is 36.7. The SMILES string of the molecule is CC(C)(C)c1cnc(CSc2cnc(NC(=O)N3CCN(C4CCN(Cc5ccc6c(c5F)C(=O)N(C5CCC(=O)NC5=O)C6=O)CC4)CC3)s2)o1. The number of thioether (sulfide) groups is 1. The first-order valence-corrected chi connectivity index (χ1v) is 19.2. The number of fused-ring (bicyclic) bond motifs is 1. The van der Waals surface area contributed by atoms with E-state index in [2.05, 4.69) is 51.2 Å². The summed E-state index contributed by atoms with van der Waals surface area (Å²) in [7, 11) is 0. The minimum atomic E-state index is -1.14. The third-order valence-electron chi connectivity index (χ3n) is 10.0. The molecule has 1 aromatic carbocycles. The Balaban J connectivity index is 0.855. The molecule has 0 bridgehead atoms. The number of carbonyl (C=O) groups is 5. The smallest absolute Gasteiger partial charge is 0.323 e. The van der Waals surface area contributed by atoms with E-state index in [1.54, 1.807) is 24.2 Å². The van der Waals surface area contributed by atoms with Gasteiger partial charge in [0.2, 0.25) is 17.7 Å². The number of piperazine rings is 1. The summed E-state index contributed by atoms with van der Waals surface area (Å²) in [5.41, 5.74) is -0.156. The second kappa shape index (κ2) is 14.7. The van der Waals surface area contributed by atoms with Gasteiger partial charge in [-0.3, -0.25) is 44.5 Å². The molecule has 17 heteroatoms. The number of amides is 6. The number of aromatic nitrogens is 2. The second-order valence-corrected chi connectivity index (χ2v) is 16.8. The van der Waals surface area contributed by atoms with E-state index >= 15 is 4.39 Å². The molecule has 0 spiro atoms. The number of thiazole rings is 1. The van der Waals surface area contributed by atoms with E-state index in [-0.39, 0.29) is 42.0 Å². The largest absolute Gasteiger partial charge is 0.444 e. The molecule has 4 aliphatic heterocycles. The van der Waals surface area contributed by atoms with Gasteiger partial charge in [0.15, 0.2) is 5.13 Å². The molecular formula is C35H41FN8O6S2. The first-order chi connectivity index (χ1) is 24.9. The first-order valence-electron chi connectivity index (χ1n) is 17.4. The van der Waals surface area contributed by atoms with Crippen molar-refractivity contribution in [2.24, 2.45) is 0 Å². The normalized spacial score (nSPS) is 20.8. The van der Waals surface area contributed by atoms with Crippen molar-refractivity contribution in [1.29, 1.82) is 0 Å². The molecule has 2 aromatic heterocycles. The number of rotatable bonds is 8. The molecule has 4 aliphatic rings. The number of likely N-dealkylation sites (tertiary alicyclic amines) is 1. The van der Waals surface area contributed by atoms with Crippen molar-refractivity contribution in [3.63, 3.8) is 0 Å². The highest BCUT2D eigenvalue weighted by molar-refractivity contribution is 8.00. The summed E-state index contributed by atoms with van der Waals surface area (Å²) in [5, 5.41) is 5.64. The average Bonchev–Trinajstić information content (AvgIpc) is 3.84. The van der Waals surface area contributed by atoms with Gasteiger partial charge in [0.1, 0.15) is 17.6 Å². The highest BCUT2D eigenvalue weighted by Crippen LogP contribution is 2.33. The van der Waals surface area contributed by atoms with E-state index in [1.807, 2.05) is 4.90 Å². The molecular weight excluding hydrogens is 712 g/mol. The van der Waals surface area contributed by atoms with E-state index in [1.165, 1.54) is 23.5 Å². The van der Waals surface area contributed by atoms with Gasteiger partial charge < -0.3 is 9.32 Å². The molecule has 0 saturated carbocycles. The van der Waals surface area contributed by atoms with Crippen LogP contribution in [0.15, 0.2) is 33.2 Å². The van der Waals surface area contributed by atoms with Crippen LogP contribution in [-0.4, -0.2) is 111 Å². The maximum absolute atomic E-state index is 15.8. The molecule has 3 aromatic rings. The van der Waals surface area contributed by atoms with E-state index < -0.39 is 35.5 Å². The Labute approximate surface area is 308 Å². The molecule has 6 heterocycles. The fraction of sp³-hybridized carbons (Fsp3) is 0.514. The number of carbonyl (C=O) groups excluding carboxylic acids is 5. The van der Waals surface area contributed by atoms with Crippen molar-refractivity contribution in [3.05, 3.63) is 58.7 Å². The van der Waals surface area contributed by atoms with Crippen LogP contribution in [-0.2, 0) is 27.3 Å². The fourth-order valence-electron chi connectivity index (χ4n) is 7.07. The lowest BCUT2D eigenvalue weighted by Gasteiger charge is -2.42. The number of anilines is 1. The maximum Gasteiger partial charge on any atom is 0.323 e. The van der Waals surface area contributed by atoms with Gasteiger partial charge in [-0.15, -0.1) is 11.8 Å². The highest BCUT2D eigenvalue weighted by Gasteiger charge is 2.46. The molecule has 14 nitrogen and oxygen atoms in total. The Kier molecular flexibility index (Phi) is 10.2. The number of hydrogen-bond acceptors (Lipinski definition) is 12. The predicted molar refractivity (Wildman–Crippen MR) is 190 cm³/mol. The van der Waals surface area contributed by atoms with Gasteiger partial charge in [-0.2, -0.15) is 0 Å². The van der Waals surface area contributed by atoms with Crippen LogP contribution in [0.1, 0.15) is 84.4 Å². The molecule has 1 unspecified atom stereocenters. The molecule has 3 fully saturated rings. The predicted octanol–water partition coefficient (Wildman–Crippen LogP) is 4.08. The molecule has 1 atom stereocenters. The monoisotopic (exact) mass is 752 g/mol. The van der Waals surface area contributed by atoms with Crippen LogP contribution in [0.4, 0.5) is 14.3 Å². The molecule has 3 saturated heterocycles. The van der Waals surface area contributed by atoms with Crippen LogP contribution >= 0.6 is 23.1 Å². The summed E-state index contributed by atoms with van der Waals surface area (Å²) in [5.74, 6) is -1.42. The zero-order valence-electron chi connectivity index (χ0n) is 29.3.